The molecule has 0 amide bonds. The van der Waals surface area contributed by atoms with E-state index in [0.717, 1.165) is 29.9 Å². The molecular formula is C12H16O2. The molecule has 2 nitrogen and oxygen atoms in total. The lowest BCUT2D eigenvalue weighted by molar-refractivity contribution is 0.378. The molecule has 1 unspecified atom stereocenters. The Labute approximate surface area is 83.9 Å². The van der Waals surface area contributed by atoms with Crippen LogP contribution in [-0.2, 0) is 12.8 Å². The monoisotopic (exact) mass is 192 g/mol. The van der Waals surface area contributed by atoms with Gasteiger partial charge in [0, 0.05) is 18.1 Å². The summed E-state index contributed by atoms with van der Waals surface area (Å²) in [5.41, 5.74) is 1.07. The summed E-state index contributed by atoms with van der Waals surface area (Å²) >= 11 is 0. The van der Waals surface area contributed by atoms with Gasteiger partial charge in [0.25, 0.3) is 0 Å². The molecule has 0 saturated heterocycles. The van der Waals surface area contributed by atoms with Gasteiger partial charge in [-0.3, -0.25) is 4.79 Å². The summed E-state index contributed by atoms with van der Waals surface area (Å²) in [5.74, 6) is 2.87. The van der Waals surface area contributed by atoms with Crippen molar-refractivity contribution in [2.24, 2.45) is 11.8 Å². The van der Waals surface area contributed by atoms with Crippen LogP contribution in [0, 0.1) is 18.8 Å². The Balaban J connectivity index is 2.40. The van der Waals surface area contributed by atoms with Gasteiger partial charge in [-0.1, -0.05) is 13.8 Å². The minimum absolute atomic E-state index is 0.159. The summed E-state index contributed by atoms with van der Waals surface area (Å²) in [6.07, 6.45) is 1.83. The first-order chi connectivity index (χ1) is 6.58. The molecule has 0 spiro atoms. The Hall–Kier alpha value is -1.05. The van der Waals surface area contributed by atoms with E-state index in [1.807, 2.05) is 6.92 Å². The van der Waals surface area contributed by atoms with Crippen LogP contribution in [0.4, 0.5) is 0 Å². The van der Waals surface area contributed by atoms with E-state index in [2.05, 4.69) is 13.8 Å². The van der Waals surface area contributed by atoms with Crippen molar-refractivity contribution < 1.29 is 4.42 Å². The van der Waals surface area contributed by atoms with Crippen LogP contribution in [0.15, 0.2) is 15.3 Å². The fraction of sp³-hybridized carbons (Fsp3) is 0.583. The second kappa shape index (κ2) is 3.26. The van der Waals surface area contributed by atoms with Crippen molar-refractivity contribution in [2.45, 2.75) is 33.6 Å². The number of fused-ring (bicyclic) bond motifs is 1. The Kier molecular flexibility index (Phi) is 2.22. The molecule has 1 aliphatic rings. The van der Waals surface area contributed by atoms with Crippen LogP contribution in [-0.4, -0.2) is 0 Å². The molecule has 1 aromatic heterocycles. The quantitative estimate of drug-likeness (QED) is 0.683. The van der Waals surface area contributed by atoms with Crippen LogP contribution in [0.3, 0.4) is 0 Å². The number of rotatable bonds is 1. The first kappa shape index (κ1) is 9.50. The Morgan fingerprint density at radius 1 is 1.43 bits per heavy atom. The molecule has 0 bridgehead atoms. The van der Waals surface area contributed by atoms with E-state index in [0.29, 0.717) is 11.8 Å². The van der Waals surface area contributed by atoms with Crippen LogP contribution in [0.5, 0.6) is 0 Å². The highest BCUT2D eigenvalue weighted by Crippen LogP contribution is 2.29. The summed E-state index contributed by atoms with van der Waals surface area (Å²) < 4.78 is 5.58. The van der Waals surface area contributed by atoms with Crippen LogP contribution in [0.25, 0.3) is 0 Å². The maximum atomic E-state index is 11.6. The molecule has 1 heterocycles. The third kappa shape index (κ3) is 1.49. The molecule has 1 aromatic rings. The zero-order valence-electron chi connectivity index (χ0n) is 8.96. The zero-order valence-corrected chi connectivity index (χ0v) is 8.96. The maximum Gasteiger partial charge on any atom is 0.188 e. The first-order valence-corrected chi connectivity index (χ1v) is 5.20. The fourth-order valence-electron chi connectivity index (χ4n) is 2.12. The molecule has 0 fully saturated rings. The molecule has 2 heteroatoms. The van der Waals surface area contributed by atoms with E-state index in [1.165, 1.54) is 0 Å². The molecule has 0 radical (unpaired) electrons. The lowest BCUT2D eigenvalue weighted by Gasteiger charge is -2.11. The molecule has 14 heavy (non-hydrogen) atoms. The predicted molar refractivity (Wildman–Crippen MR) is 55.5 cm³/mol. The standard InChI is InChI=1S/C12H16O2/c1-7(2)9-5-10-11(13)4-8(3)14-12(10)6-9/h4,7,9H,5-6H2,1-3H3. The van der Waals surface area contributed by atoms with Crippen LogP contribution < -0.4 is 5.43 Å². The lowest BCUT2D eigenvalue weighted by atomic mass is 9.93. The van der Waals surface area contributed by atoms with Crippen LogP contribution in [0.2, 0.25) is 0 Å². The van der Waals surface area contributed by atoms with Crippen molar-refractivity contribution in [1.29, 1.82) is 0 Å². The number of hydrogen-bond donors (Lipinski definition) is 0. The van der Waals surface area contributed by atoms with E-state index in [-0.39, 0.29) is 5.43 Å². The normalized spacial score (nSPS) is 20.1. The number of aryl methyl sites for hydroxylation is 1. The van der Waals surface area contributed by atoms with Gasteiger partial charge in [-0.25, -0.2) is 0 Å². The smallest absolute Gasteiger partial charge is 0.188 e. The highest BCUT2D eigenvalue weighted by molar-refractivity contribution is 5.25. The molecule has 76 valence electrons. The lowest BCUT2D eigenvalue weighted by Crippen LogP contribution is -2.10. The van der Waals surface area contributed by atoms with Crippen LogP contribution >= 0.6 is 0 Å². The second-order valence-corrected chi connectivity index (χ2v) is 4.54. The minimum Gasteiger partial charge on any atom is -0.466 e. The van der Waals surface area contributed by atoms with Gasteiger partial charge < -0.3 is 4.42 Å². The average Bonchev–Trinajstić information content (AvgIpc) is 2.47. The van der Waals surface area contributed by atoms with Crippen LogP contribution in [0.1, 0.15) is 30.9 Å². The Morgan fingerprint density at radius 3 is 2.79 bits per heavy atom. The second-order valence-electron chi connectivity index (χ2n) is 4.54. The van der Waals surface area contributed by atoms with Crippen molar-refractivity contribution in [3.63, 3.8) is 0 Å². The molecule has 0 N–H and O–H groups in total. The predicted octanol–water partition coefficient (Wildman–Crippen LogP) is 2.32. The van der Waals surface area contributed by atoms with Gasteiger partial charge in [-0.2, -0.15) is 0 Å². The van der Waals surface area contributed by atoms with Gasteiger partial charge in [0.15, 0.2) is 5.43 Å². The minimum atomic E-state index is 0.159. The maximum absolute atomic E-state index is 11.6. The summed E-state index contributed by atoms with van der Waals surface area (Å²) in [6, 6.07) is 1.60. The SMILES string of the molecule is Cc1cc(=O)c2c(o1)CC(C(C)C)C2. The van der Waals surface area contributed by atoms with Gasteiger partial charge in [-0.15, -0.1) is 0 Å². The van der Waals surface area contributed by atoms with Gasteiger partial charge >= 0.3 is 0 Å². The molecule has 2 rings (SSSR count). The van der Waals surface area contributed by atoms with E-state index < -0.39 is 0 Å². The number of hydrogen-bond acceptors (Lipinski definition) is 2. The molecule has 1 atom stereocenters. The first-order valence-electron chi connectivity index (χ1n) is 5.20. The summed E-state index contributed by atoms with van der Waals surface area (Å²) in [7, 11) is 0. The highest BCUT2D eigenvalue weighted by Gasteiger charge is 2.27. The molecule has 0 aromatic carbocycles. The van der Waals surface area contributed by atoms with Crippen molar-refractivity contribution in [2.75, 3.05) is 0 Å². The summed E-state index contributed by atoms with van der Waals surface area (Å²) in [5, 5.41) is 0. The van der Waals surface area contributed by atoms with Gasteiger partial charge in [0.1, 0.15) is 11.5 Å². The van der Waals surface area contributed by atoms with E-state index in [9.17, 15) is 4.79 Å². The van der Waals surface area contributed by atoms with E-state index >= 15 is 0 Å². The highest BCUT2D eigenvalue weighted by atomic mass is 16.3. The molecule has 0 aliphatic heterocycles. The third-order valence-corrected chi connectivity index (χ3v) is 3.11. The van der Waals surface area contributed by atoms with Crippen molar-refractivity contribution in [1.82, 2.24) is 0 Å². The van der Waals surface area contributed by atoms with E-state index in [1.54, 1.807) is 6.07 Å². The van der Waals surface area contributed by atoms with E-state index in [4.69, 9.17) is 4.42 Å². The summed E-state index contributed by atoms with van der Waals surface area (Å²) in [6.45, 7) is 6.24. The largest absolute Gasteiger partial charge is 0.466 e. The molecule has 0 saturated carbocycles. The molecular weight excluding hydrogens is 176 g/mol. The Bertz CT molecular complexity index is 401. The van der Waals surface area contributed by atoms with Crippen molar-refractivity contribution in [3.05, 3.63) is 33.4 Å². The topological polar surface area (TPSA) is 30.2 Å². The molecule has 1 aliphatic carbocycles. The summed E-state index contributed by atoms with van der Waals surface area (Å²) in [4.78, 5) is 11.6. The van der Waals surface area contributed by atoms with Gasteiger partial charge in [-0.05, 0) is 25.2 Å². The average molecular weight is 192 g/mol. The van der Waals surface area contributed by atoms with Gasteiger partial charge in [0.2, 0.25) is 0 Å². The van der Waals surface area contributed by atoms with Crippen molar-refractivity contribution >= 4 is 0 Å². The Morgan fingerprint density at radius 2 is 2.14 bits per heavy atom. The third-order valence-electron chi connectivity index (χ3n) is 3.11. The van der Waals surface area contributed by atoms with Gasteiger partial charge in [0.05, 0.1) is 0 Å². The zero-order chi connectivity index (χ0) is 10.3. The van der Waals surface area contributed by atoms with Crippen molar-refractivity contribution in [3.8, 4) is 0 Å². The fourth-order valence-corrected chi connectivity index (χ4v) is 2.12.